The molecule has 5 N–H and O–H groups in total. The van der Waals surface area contributed by atoms with Crippen molar-refractivity contribution in [3.8, 4) is 17.2 Å². The molecule has 0 heterocycles. The largest absolute Gasteiger partial charge is 0.396 e. The molecule has 0 aromatic heterocycles. The van der Waals surface area contributed by atoms with Crippen molar-refractivity contribution in [2.45, 2.75) is 0 Å². The zero-order valence-electron chi connectivity index (χ0n) is 10.9. The van der Waals surface area contributed by atoms with Crippen LogP contribution >= 0.6 is 11.6 Å². The molecule has 0 aliphatic carbocycles. The summed E-state index contributed by atoms with van der Waals surface area (Å²) in [6, 6.07) is 13.4. The van der Waals surface area contributed by atoms with E-state index in [-0.39, 0.29) is 16.4 Å². The normalized spacial score (nSPS) is 11.5. The molecular weight excluding hydrogens is 291 g/mol. The number of nitrogens with two attached hydrogens (primary N) is 2. The van der Waals surface area contributed by atoms with Gasteiger partial charge in [-0.05, 0) is 11.6 Å². The first-order valence-corrected chi connectivity index (χ1v) is 6.37. The molecule has 0 atom stereocenters. The van der Waals surface area contributed by atoms with Gasteiger partial charge >= 0.3 is 0 Å². The summed E-state index contributed by atoms with van der Waals surface area (Å²) in [5.41, 5.74) is 10.0. The van der Waals surface area contributed by atoms with Gasteiger partial charge in [0.15, 0.2) is 5.70 Å². The lowest BCUT2D eigenvalue weighted by Crippen LogP contribution is -2.23. The third-order valence-corrected chi connectivity index (χ3v) is 3.28. The maximum absolute atomic E-state index is 13.9. The predicted molar refractivity (Wildman–Crippen MR) is 80.9 cm³/mol. The van der Waals surface area contributed by atoms with Crippen molar-refractivity contribution in [2.75, 3.05) is 0 Å². The van der Waals surface area contributed by atoms with Crippen molar-refractivity contribution in [3.05, 3.63) is 64.6 Å². The first-order chi connectivity index (χ1) is 10.1. The molecule has 0 spiro atoms. The number of nitriles is 1. The number of hydrazine groups is 1. The topological polar surface area (TPSA) is 87.9 Å². The molecule has 0 saturated heterocycles. The van der Waals surface area contributed by atoms with Crippen molar-refractivity contribution in [3.63, 3.8) is 0 Å². The zero-order valence-corrected chi connectivity index (χ0v) is 11.7. The molecule has 0 aliphatic rings. The van der Waals surface area contributed by atoms with Gasteiger partial charge in [0.25, 0.3) is 0 Å². The molecule has 0 radical (unpaired) electrons. The van der Waals surface area contributed by atoms with E-state index in [2.05, 4.69) is 5.43 Å². The summed E-state index contributed by atoms with van der Waals surface area (Å²) in [6.45, 7) is 0. The summed E-state index contributed by atoms with van der Waals surface area (Å²) in [4.78, 5) is 0. The van der Waals surface area contributed by atoms with Crippen molar-refractivity contribution in [1.29, 1.82) is 5.26 Å². The van der Waals surface area contributed by atoms with Crippen LogP contribution in [0.5, 0.6) is 0 Å². The highest BCUT2D eigenvalue weighted by atomic mass is 35.5. The standard InChI is InChI=1S/C15H12ClFN4/c16-12-3-1-2-11(14(12)17)9-4-6-10(7-5-9)15(19)13(8-18)21-20/h1-7,21H,19-20H2/b15-13-. The fourth-order valence-corrected chi connectivity index (χ4v) is 2.05. The van der Waals surface area contributed by atoms with Crippen LogP contribution in [0.1, 0.15) is 5.56 Å². The van der Waals surface area contributed by atoms with Crippen LogP contribution in [0.25, 0.3) is 16.8 Å². The first-order valence-electron chi connectivity index (χ1n) is 5.99. The Balaban J connectivity index is 2.43. The minimum Gasteiger partial charge on any atom is -0.396 e. The Morgan fingerprint density at radius 3 is 2.43 bits per heavy atom. The van der Waals surface area contributed by atoms with Crippen LogP contribution in [0.15, 0.2) is 48.2 Å². The minimum absolute atomic E-state index is 0.0649. The van der Waals surface area contributed by atoms with Crippen LogP contribution in [-0.4, -0.2) is 0 Å². The molecule has 0 unspecified atom stereocenters. The summed E-state index contributed by atoms with van der Waals surface area (Å²) in [5, 5.41) is 8.93. The van der Waals surface area contributed by atoms with Gasteiger partial charge in [-0.25, -0.2) is 10.2 Å². The molecule has 4 nitrogen and oxygen atoms in total. The van der Waals surface area contributed by atoms with Crippen molar-refractivity contribution < 1.29 is 4.39 Å². The van der Waals surface area contributed by atoms with Crippen LogP contribution in [0, 0.1) is 17.1 Å². The number of benzene rings is 2. The maximum Gasteiger partial charge on any atom is 0.151 e. The highest BCUT2D eigenvalue weighted by Crippen LogP contribution is 2.28. The second kappa shape index (κ2) is 6.27. The van der Waals surface area contributed by atoms with Gasteiger partial charge in [0, 0.05) is 11.1 Å². The van der Waals surface area contributed by atoms with E-state index >= 15 is 0 Å². The van der Waals surface area contributed by atoms with Crippen LogP contribution in [0.3, 0.4) is 0 Å². The highest BCUT2D eigenvalue weighted by molar-refractivity contribution is 6.31. The summed E-state index contributed by atoms with van der Waals surface area (Å²) in [7, 11) is 0. The zero-order chi connectivity index (χ0) is 15.4. The smallest absolute Gasteiger partial charge is 0.151 e. The predicted octanol–water partition coefficient (Wildman–Crippen LogP) is 2.76. The number of allylic oxidation sites excluding steroid dienone is 1. The monoisotopic (exact) mass is 302 g/mol. The van der Waals surface area contributed by atoms with Gasteiger partial charge in [-0.15, -0.1) is 0 Å². The maximum atomic E-state index is 13.9. The van der Waals surface area contributed by atoms with Gasteiger partial charge in [0.1, 0.15) is 11.9 Å². The van der Waals surface area contributed by atoms with E-state index in [9.17, 15) is 4.39 Å². The summed E-state index contributed by atoms with van der Waals surface area (Å²) < 4.78 is 13.9. The second-order valence-corrected chi connectivity index (χ2v) is 4.63. The van der Waals surface area contributed by atoms with Crippen LogP contribution in [0.2, 0.25) is 5.02 Å². The molecule has 2 rings (SSSR count). The van der Waals surface area contributed by atoms with Crippen molar-refractivity contribution in [1.82, 2.24) is 5.43 Å². The van der Waals surface area contributed by atoms with E-state index in [1.54, 1.807) is 36.4 Å². The number of hydrogen-bond acceptors (Lipinski definition) is 4. The van der Waals surface area contributed by atoms with Crippen LogP contribution in [-0.2, 0) is 0 Å². The lowest BCUT2D eigenvalue weighted by atomic mass is 10.0. The molecule has 0 amide bonds. The highest BCUT2D eigenvalue weighted by Gasteiger charge is 2.09. The molecule has 21 heavy (non-hydrogen) atoms. The van der Waals surface area contributed by atoms with Gasteiger partial charge in [0.2, 0.25) is 0 Å². The summed E-state index contributed by atoms with van der Waals surface area (Å²) in [5.74, 6) is 4.73. The molecule has 6 heteroatoms. The third kappa shape index (κ3) is 2.97. The molecule has 0 aliphatic heterocycles. The third-order valence-electron chi connectivity index (χ3n) is 2.98. The number of hydrogen-bond donors (Lipinski definition) is 3. The van der Waals surface area contributed by atoms with Gasteiger partial charge < -0.3 is 11.2 Å². The molecule has 2 aromatic rings. The Labute approximate surface area is 126 Å². The van der Waals surface area contributed by atoms with Crippen molar-refractivity contribution in [2.24, 2.45) is 11.6 Å². The Bertz CT molecular complexity index is 732. The second-order valence-electron chi connectivity index (χ2n) is 4.22. The summed E-state index contributed by atoms with van der Waals surface area (Å²) >= 11 is 5.76. The average Bonchev–Trinajstić information content (AvgIpc) is 2.51. The van der Waals surface area contributed by atoms with E-state index in [1.807, 2.05) is 6.07 Å². The van der Waals surface area contributed by atoms with E-state index in [0.29, 0.717) is 16.7 Å². The SMILES string of the molecule is N#C/C(NN)=C(/N)c1ccc(-c2cccc(Cl)c2F)cc1. The Morgan fingerprint density at radius 1 is 1.19 bits per heavy atom. The number of rotatable bonds is 3. The molecule has 2 aromatic carbocycles. The van der Waals surface area contributed by atoms with Crippen LogP contribution < -0.4 is 17.0 Å². The first kappa shape index (κ1) is 14.9. The fourth-order valence-electron chi connectivity index (χ4n) is 1.87. The average molecular weight is 303 g/mol. The van der Waals surface area contributed by atoms with Gasteiger partial charge in [-0.2, -0.15) is 5.26 Å². The van der Waals surface area contributed by atoms with Gasteiger partial charge in [-0.1, -0.05) is 48.0 Å². The number of nitrogens with zero attached hydrogens (tertiary/aromatic N) is 1. The Hall–Kier alpha value is -2.55. The molecular formula is C15H12ClFN4. The molecule has 0 bridgehead atoms. The number of halogens is 2. The Kier molecular flexibility index (Phi) is 4.43. The minimum atomic E-state index is -0.475. The fraction of sp³-hybridized carbons (Fsp3) is 0. The van der Waals surface area contributed by atoms with Gasteiger partial charge in [0.05, 0.1) is 10.7 Å². The van der Waals surface area contributed by atoms with E-state index in [1.165, 1.54) is 6.07 Å². The molecule has 106 valence electrons. The van der Waals surface area contributed by atoms with E-state index < -0.39 is 5.82 Å². The quantitative estimate of drug-likeness (QED) is 0.462. The lowest BCUT2D eigenvalue weighted by Gasteiger charge is -2.08. The molecule has 0 fully saturated rings. The summed E-state index contributed by atoms with van der Waals surface area (Å²) in [6.07, 6.45) is 0. The van der Waals surface area contributed by atoms with E-state index in [4.69, 9.17) is 28.4 Å². The van der Waals surface area contributed by atoms with E-state index in [0.717, 1.165) is 0 Å². The van der Waals surface area contributed by atoms with Gasteiger partial charge in [-0.3, -0.25) is 0 Å². The Morgan fingerprint density at radius 2 is 1.86 bits per heavy atom. The lowest BCUT2D eigenvalue weighted by molar-refractivity contribution is 0.632. The number of nitrogens with one attached hydrogen (secondary N) is 1. The van der Waals surface area contributed by atoms with Crippen molar-refractivity contribution >= 4 is 17.3 Å². The van der Waals surface area contributed by atoms with Crippen LogP contribution in [0.4, 0.5) is 4.39 Å². The molecule has 0 saturated carbocycles.